The van der Waals surface area contributed by atoms with Crippen LogP contribution in [0.15, 0.2) is 59.5 Å². The van der Waals surface area contributed by atoms with Crippen molar-refractivity contribution in [3.05, 3.63) is 75.7 Å². The Morgan fingerprint density at radius 1 is 1.19 bits per heavy atom. The van der Waals surface area contributed by atoms with E-state index < -0.39 is 0 Å². The van der Waals surface area contributed by atoms with Gasteiger partial charge in [-0.05, 0) is 62.7 Å². The summed E-state index contributed by atoms with van der Waals surface area (Å²) in [4.78, 5) is 25.7. The lowest BCUT2D eigenvalue weighted by Crippen LogP contribution is -2.31. The Labute approximate surface area is 186 Å². The van der Waals surface area contributed by atoms with E-state index in [9.17, 15) is 9.59 Å². The molecule has 3 rings (SSSR count). The predicted molar refractivity (Wildman–Crippen MR) is 123 cm³/mol. The molecule has 0 unspecified atom stereocenters. The van der Waals surface area contributed by atoms with Crippen LogP contribution in [-0.2, 0) is 0 Å². The molecule has 3 aromatic rings. The van der Waals surface area contributed by atoms with Gasteiger partial charge in [-0.15, -0.1) is 0 Å². The van der Waals surface area contributed by atoms with Crippen molar-refractivity contribution in [1.82, 2.24) is 15.1 Å². The standard InChI is InChI=1S/C23H25ClN4O3/c1-4-15(3)26-22(29)16-7-6-8-18(13-16)27-21-20(31-5-2)14-25-28(23(21)30)19-11-9-17(24)10-12-19/h6-15,27H,4-5H2,1-3H3,(H,26,29)/t15-/m1/s1. The lowest BCUT2D eigenvalue weighted by atomic mass is 10.1. The lowest BCUT2D eigenvalue weighted by molar-refractivity contribution is 0.0939. The fraction of sp³-hybridized carbons (Fsp3) is 0.261. The summed E-state index contributed by atoms with van der Waals surface area (Å²) in [6, 6.07) is 13.8. The Bertz CT molecular complexity index is 1110. The molecule has 1 amide bonds. The largest absolute Gasteiger partial charge is 0.490 e. The van der Waals surface area contributed by atoms with Gasteiger partial charge in [-0.3, -0.25) is 9.59 Å². The fourth-order valence-electron chi connectivity index (χ4n) is 2.88. The highest BCUT2D eigenvalue weighted by Gasteiger charge is 2.15. The van der Waals surface area contributed by atoms with E-state index in [-0.39, 0.29) is 23.2 Å². The highest BCUT2D eigenvalue weighted by atomic mass is 35.5. The van der Waals surface area contributed by atoms with Gasteiger partial charge in [-0.1, -0.05) is 24.6 Å². The number of halogens is 1. The average molecular weight is 441 g/mol. The first kappa shape index (κ1) is 22.4. The van der Waals surface area contributed by atoms with Gasteiger partial charge in [-0.25, -0.2) is 0 Å². The van der Waals surface area contributed by atoms with Crippen LogP contribution in [0.1, 0.15) is 37.6 Å². The van der Waals surface area contributed by atoms with Crippen LogP contribution >= 0.6 is 11.6 Å². The number of carbonyl (C=O) groups is 1. The molecule has 2 aromatic carbocycles. The van der Waals surface area contributed by atoms with E-state index in [0.717, 1.165) is 6.42 Å². The molecular weight excluding hydrogens is 416 g/mol. The smallest absolute Gasteiger partial charge is 0.299 e. The molecule has 0 spiro atoms. The second kappa shape index (κ2) is 10.1. The van der Waals surface area contributed by atoms with E-state index in [1.54, 1.807) is 48.5 Å². The zero-order valence-corrected chi connectivity index (χ0v) is 18.4. The average Bonchev–Trinajstić information content (AvgIpc) is 2.77. The van der Waals surface area contributed by atoms with Gasteiger partial charge in [0.2, 0.25) is 0 Å². The number of ether oxygens (including phenoxy) is 1. The van der Waals surface area contributed by atoms with E-state index >= 15 is 0 Å². The molecule has 31 heavy (non-hydrogen) atoms. The topological polar surface area (TPSA) is 85.2 Å². The van der Waals surface area contributed by atoms with Crippen molar-refractivity contribution in [2.24, 2.45) is 0 Å². The van der Waals surface area contributed by atoms with Crippen LogP contribution in [0.4, 0.5) is 11.4 Å². The summed E-state index contributed by atoms with van der Waals surface area (Å²) in [5.41, 5.74) is 1.50. The fourth-order valence-corrected chi connectivity index (χ4v) is 3.00. The van der Waals surface area contributed by atoms with E-state index in [2.05, 4.69) is 15.7 Å². The molecular formula is C23H25ClN4O3. The minimum absolute atomic E-state index is 0.0699. The molecule has 0 saturated carbocycles. The first-order chi connectivity index (χ1) is 14.9. The predicted octanol–water partition coefficient (Wildman–Crippen LogP) is 4.56. The Balaban J connectivity index is 1.97. The maximum Gasteiger partial charge on any atom is 0.299 e. The van der Waals surface area contributed by atoms with Gasteiger partial charge in [0.25, 0.3) is 11.5 Å². The number of benzene rings is 2. The van der Waals surface area contributed by atoms with Crippen molar-refractivity contribution in [3.63, 3.8) is 0 Å². The maximum atomic E-state index is 13.2. The summed E-state index contributed by atoms with van der Waals surface area (Å²) in [5.74, 6) is 0.156. The molecule has 0 fully saturated rings. The van der Waals surface area contributed by atoms with Gasteiger partial charge in [0.15, 0.2) is 11.4 Å². The summed E-state index contributed by atoms with van der Waals surface area (Å²) < 4.78 is 6.87. The highest BCUT2D eigenvalue weighted by molar-refractivity contribution is 6.30. The summed E-state index contributed by atoms with van der Waals surface area (Å²) >= 11 is 5.95. The molecule has 0 bridgehead atoms. The SMILES string of the molecule is CCOc1cnn(-c2ccc(Cl)cc2)c(=O)c1Nc1cccc(C(=O)N[C@H](C)CC)c1. The Kier molecular flexibility index (Phi) is 7.31. The number of carbonyl (C=O) groups excluding carboxylic acids is 1. The third kappa shape index (κ3) is 5.44. The molecule has 162 valence electrons. The molecule has 7 nitrogen and oxygen atoms in total. The molecule has 0 saturated heterocycles. The van der Waals surface area contributed by atoms with Crippen LogP contribution in [0.5, 0.6) is 5.75 Å². The van der Waals surface area contributed by atoms with E-state index in [1.807, 2.05) is 20.8 Å². The second-order valence-corrected chi connectivity index (χ2v) is 7.44. The van der Waals surface area contributed by atoms with Crippen molar-refractivity contribution in [2.75, 3.05) is 11.9 Å². The third-order valence-corrected chi connectivity index (χ3v) is 4.95. The molecule has 0 aliphatic carbocycles. The number of nitrogens with zero attached hydrogens (tertiary/aromatic N) is 2. The number of hydrogen-bond donors (Lipinski definition) is 2. The molecule has 1 aromatic heterocycles. The zero-order chi connectivity index (χ0) is 22.4. The number of rotatable bonds is 8. The van der Waals surface area contributed by atoms with Crippen LogP contribution in [0.2, 0.25) is 5.02 Å². The molecule has 1 atom stereocenters. The normalized spacial score (nSPS) is 11.6. The van der Waals surface area contributed by atoms with E-state index in [0.29, 0.717) is 34.3 Å². The van der Waals surface area contributed by atoms with Crippen molar-refractivity contribution in [2.45, 2.75) is 33.2 Å². The van der Waals surface area contributed by atoms with Gasteiger partial charge < -0.3 is 15.4 Å². The Morgan fingerprint density at radius 3 is 2.61 bits per heavy atom. The van der Waals surface area contributed by atoms with Crippen molar-refractivity contribution in [3.8, 4) is 11.4 Å². The van der Waals surface area contributed by atoms with Gasteiger partial charge in [0.05, 0.1) is 18.5 Å². The Hall–Kier alpha value is -3.32. The van der Waals surface area contributed by atoms with Gasteiger partial charge >= 0.3 is 0 Å². The van der Waals surface area contributed by atoms with Crippen molar-refractivity contribution < 1.29 is 9.53 Å². The van der Waals surface area contributed by atoms with E-state index in [4.69, 9.17) is 16.3 Å². The van der Waals surface area contributed by atoms with Crippen LogP contribution in [0.3, 0.4) is 0 Å². The minimum atomic E-state index is -0.386. The van der Waals surface area contributed by atoms with Gasteiger partial charge in [0.1, 0.15) is 0 Å². The summed E-state index contributed by atoms with van der Waals surface area (Å²) in [7, 11) is 0. The van der Waals surface area contributed by atoms with E-state index in [1.165, 1.54) is 10.9 Å². The maximum absolute atomic E-state index is 13.2. The molecule has 0 aliphatic heterocycles. The lowest BCUT2D eigenvalue weighted by Gasteiger charge is -2.15. The van der Waals surface area contributed by atoms with Crippen LogP contribution in [0, 0.1) is 0 Å². The first-order valence-electron chi connectivity index (χ1n) is 10.1. The molecule has 0 radical (unpaired) electrons. The molecule has 1 heterocycles. The summed E-state index contributed by atoms with van der Waals surface area (Å²) in [5, 5.41) is 10.8. The van der Waals surface area contributed by atoms with Crippen molar-refractivity contribution in [1.29, 1.82) is 0 Å². The third-order valence-electron chi connectivity index (χ3n) is 4.70. The van der Waals surface area contributed by atoms with Crippen LogP contribution in [0.25, 0.3) is 5.69 Å². The number of nitrogens with one attached hydrogen (secondary N) is 2. The van der Waals surface area contributed by atoms with Gasteiger partial charge in [0, 0.05) is 22.3 Å². The number of aromatic nitrogens is 2. The summed E-state index contributed by atoms with van der Waals surface area (Å²) in [6.07, 6.45) is 2.32. The highest BCUT2D eigenvalue weighted by Crippen LogP contribution is 2.25. The monoisotopic (exact) mass is 440 g/mol. The number of amides is 1. The summed E-state index contributed by atoms with van der Waals surface area (Å²) in [6.45, 7) is 6.16. The quantitative estimate of drug-likeness (QED) is 0.536. The first-order valence-corrected chi connectivity index (χ1v) is 10.5. The van der Waals surface area contributed by atoms with Crippen LogP contribution in [-0.4, -0.2) is 28.3 Å². The van der Waals surface area contributed by atoms with Crippen LogP contribution < -0.4 is 20.9 Å². The zero-order valence-electron chi connectivity index (χ0n) is 17.7. The number of anilines is 2. The Morgan fingerprint density at radius 2 is 1.94 bits per heavy atom. The minimum Gasteiger partial charge on any atom is -0.490 e. The molecule has 0 aliphatic rings. The van der Waals surface area contributed by atoms with Gasteiger partial charge in [-0.2, -0.15) is 9.78 Å². The molecule has 2 N–H and O–H groups in total. The number of hydrogen-bond acceptors (Lipinski definition) is 5. The van der Waals surface area contributed by atoms with Crippen molar-refractivity contribution >= 4 is 28.9 Å². The second-order valence-electron chi connectivity index (χ2n) is 7.00. The molecule has 8 heteroatoms.